The van der Waals surface area contributed by atoms with Crippen molar-refractivity contribution in [2.75, 3.05) is 6.54 Å². The third-order valence-corrected chi connectivity index (χ3v) is 2.99. The molecule has 0 radical (unpaired) electrons. The van der Waals surface area contributed by atoms with E-state index in [4.69, 9.17) is 17.3 Å². The Morgan fingerprint density at radius 3 is 2.36 bits per heavy atom. The Morgan fingerprint density at radius 2 is 1.93 bits per heavy atom. The van der Waals surface area contributed by atoms with Crippen molar-refractivity contribution in [3.05, 3.63) is 34.9 Å². The quantitative estimate of drug-likeness (QED) is 0.808. The van der Waals surface area contributed by atoms with Gasteiger partial charge in [-0.2, -0.15) is 0 Å². The normalized spacial score (nSPS) is 17.5. The van der Waals surface area contributed by atoms with Crippen LogP contribution in [0.4, 0.5) is 0 Å². The molecule has 14 heavy (non-hydrogen) atoms. The molecule has 0 heterocycles. The van der Waals surface area contributed by atoms with Gasteiger partial charge in [0.1, 0.15) is 0 Å². The van der Waals surface area contributed by atoms with Gasteiger partial charge in [-0.25, -0.2) is 0 Å². The van der Waals surface area contributed by atoms with E-state index in [0.29, 0.717) is 11.6 Å². The first-order valence-electron chi connectivity index (χ1n) is 4.67. The summed E-state index contributed by atoms with van der Waals surface area (Å²) in [6.07, 6.45) is 0. The summed E-state index contributed by atoms with van der Waals surface area (Å²) >= 11 is 5.77. The van der Waals surface area contributed by atoms with Crippen LogP contribution >= 0.6 is 11.6 Å². The molecule has 3 heteroatoms. The molecule has 2 nitrogen and oxygen atoms in total. The lowest BCUT2D eigenvalue weighted by Crippen LogP contribution is -2.34. The summed E-state index contributed by atoms with van der Waals surface area (Å²) in [5, 5.41) is 10.9. The Bertz CT molecular complexity index is 295. The molecule has 0 aliphatic carbocycles. The van der Waals surface area contributed by atoms with Crippen LogP contribution in [0.3, 0.4) is 0 Å². The van der Waals surface area contributed by atoms with Crippen LogP contribution in [0.15, 0.2) is 24.3 Å². The predicted molar refractivity (Wildman–Crippen MR) is 59.2 cm³/mol. The van der Waals surface area contributed by atoms with Crippen LogP contribution in [0.2, 0.25) is 5.02 Å². The fourth-order valence-corrected chi connectivity index (χ4v) is 1.43. The van der Waals surface area contributed by atoms with Crippen molar-refractivity contribution in [1.82, 2.24) is 0 Å². The summed E-state index contributed by atoms with van der Waals surface area (Å²) in [7, 11) is 0. The molecule has 0 saturated carbocycles. The average Bonchev–Trinajstić information content (AvgIpc) is 2.17. The van der Waals surface area contributed by atoms with E-state index in [-0.39, 0.29) is 5.92 Å². The third-order valence-electron chi connectivity index (χ3n) is 2.74. The Morgan fingerprint density at radius 1 is 1.43 bits per heavy atom. The second-order valence-electron chi connectivity index (χ2n) is 3.79. The maximum atomic E-state index is 10.2. The fourth-order valence-electron chi connectivity index (χ4n) is 1.30. The van der Waals surface area contributed by atoms with Crippen molar-refractivity contribution in [1.29, 1.82) is 0 Å². The second kappa shape index (κ2) is 4.30. The van der Waals surface area contributed by atoms with E-state index < -0.39 is 5.60 Å². The smallest absolute Gasteiger partial charge is 0.0905 e. The molecular formula is C11H16ClNO. The highest BCUT2D eigenvalue weighted by Gasteiger charge is 2.29. The summed E-state index contributed by atoms with van der Waals surface area (Å²) in [5.74, 6) is 0.0173. The first-order chi connectivity index (χ1) is 6.48. The highest BCUT2D eigenvalue weighted by molar-refractivity contribution is 6.30. The topological polar surface area (TPSA) is 46.2 Å². The maximum absolute atomic E-state index is 10.2. The van der Waals surface area contributed by atoms with Crippen molar-refractivity contribution >= 4 is 11.6 Å². The van der Waals surface area contributed by atoms with Gasteiger partial charge in [0.05, 0.1) is 5.60 Å². The van der Waals surface area contributed by atoms with Crippen molar-refractivity contribution in [3.63, 3.8) is 0 Å². The Labute approximate surface area is 89.7 Å². The van der Waals surface area contributed by atoms with Crippen LogP contribution in [-0.4, -0.2) is 11.7 Å². The second-order valence-corrected chi connectivity index (χ2v) is 4.23. The van der Waals surface area contributed by atoms with Crippen molar-refractivity contribution in [2.45, 2.75) is 19.4 Å². The lowest BCUT2D eigenvalue weighted by Gasteiger charge is -2.30. The third kappa shape index (κ3) is 2.27. The van der Waals surface area contributed by atoms with E-state index in [1.54, 1.807) is 19.1 Å². The standard InChI is InChI=1S/C11H16ClNO/c1-8(7-13)11(2,14)9-3-5-10(12)6-4-9/h3-6,8,14H,7,13H2,1-2H3. The number of rotatable bonds is 3. The molecule has 0 aliphatic rings. The van der Waals surface area contributed by atoms with Crippen LogP contribution < -0.4 is 5.73 Å². The molecule has 2 atom stereocenters. The molecule has 1 aromatic rings. The Hall–Kier alpha value is -0.570. The highest BCUT2D eigenvalue weighted by atomic mass is 35.5. The van der Waals surface area contributed by atoms with E-state index in [2.05, 4.69) is 0 Å². The molecule has 0 aromatic heterocycles. The number of hydrogen-bond acceptors (Lipinski definition) is 2. The summed E-state index contributed by atoms with van der Waals surface area (Å²) in [6.45, 7) is 4.15. The van der Waals surface area contributed by atoms with Crippen LogP contribution in [0.1, 0.15) is 19.4 Å². The molecule has 78 valence electrons. The maximum Gasteiger partial charge on any atom is 0.0905 e. The minimum absolute atomic E-state index is 0.0173. The van der Waals surface area contributed by atoms with E-state index in [9.17, 15) is 5.11 Å². The van der Waals surface area contributed by atoms with Gasteiger partial charge in [0, 0.05) is 10.9 Å². The minimum atomic E-state index is -0.890. The van der Waals surface area contributed by atoms with Gasteiger partial charge in [-0.3, -0.25) is 0 Å². The van der Waals surface area contributed by atoms with Crippen LogP contribution in [0.5, 0.6) is 0 Å². The summed E-state index contributed by atoms with van der Waals surface area (Å²) in [4.78, 5) is 0. The summed E-state index contributed by atoms with van der Waals surface area (Å²) in [5.41, 5.74) is 5.50. The zero-order chi connectivity index (χ0) is 10.8. The van der Waals surface area contributed by atoms with Crippen molar-refractivity contribution < 1.29 is 5.11 Å². The van der Waals surface area contributed by atoms with Gasteiger partial charge in [-0.15, -0.1) is 0 Å². The van der Waals surface area contributed by atoms with Gasteiger partial charge < -0.3 is 10.8 Å². The summed E-state index contributed by atoms with van der Waals surface area (Å²) in [6, 6.07) is 7.20. The molecule has 3 N–H and O–H groups in total. The lowest BCUT2D eigenvalue weighted by molar-refractivity contribution is 0.00520. The van der Waals surface area contributed by atoms with Gasteiger partial charge in [0.15, 0.2) is 0 Å². The first kappa shape index (κ1) is 11.5. The number of aliphatic hydroxyl groups is 1. The first-order valence-corrected chi connectivity index (χ1v) is 5.04. The van der Waals surface area contributed by atoms with E-state index in [0.717, 1.165) is 5.56 Å². The SMILES string of the molecule is CC(CN)C(C)(O)c1ccc(Cl)cc1. The van der Waals surface area contributed by atoms with Crippen molar-refractivity contribution in [2.24, 2.45) is 11.7 Å². The number of hydrogen-bond donors (Lipinski definition) is 2. The van der Waals surface area contributed by atoms with Crippen molar-refractivity contribution in [3.8, 4) is 0 Å². The lowest BCUT2D eigenvalue weighted by atomic mass is 9.84. The molecule has 1 rings (SSSR count). The Balaban J connectivity index is 2.97. The van der Waals surface area contributed by atoms with Gasteiger partial charge >= 0.3 is 0 Å². The Kier molecular flexibility index (Phi) is 3.53. The summed E-state index contributed by atoms with van der Waals surface area (Å²) < 4.78 is 0. The zero-order valence-corrected chi connectivity index (χ0v) is 9.25. The minimum Gasteiger partial charge on any atom is -0.385 e. The van der Waals surface area contributed by atoms with E-state index >= 15 is 0 Å². The number of benzene rings is 1. The molecule has 1 aromatic carbocycles. The molecule has 2 unspecified atom stereocenters. The molecule has 0 aliphatic heterocycles. The van der Waals surface area contributed by atoms with Gasteiger partial charge in [-0.1, -0.05) is 30.7 Å². The fraction of sp³-hybridized carbons (Fsp3) is 0.455. The zero-order valence-electron chi connectivity index (χ0n) is 8.50. The molecule has 0 amide bonds. The molecular weight excluding hydrogens is 198 g/mol. The largest absolute Gasteiger partial charge is 0.385 e. The monoisotopic (exact) mass is 213 g/mol. The van der Waals surface area contributed by atoms with Gasteiger partial charge in [-0.05, 0) is 31.2 Å². The van der Waals surface area contributed by atoms with E-state index in [1.165, 1.54) is 0 Å². The van der Waals surface area contributed by atoms with Gasteiger partial charge in [0.2, 0.25) is 0 Å². The van der Waals surface area contributed by atoms with E-state index in [1.807, 2.05) is 19.1 Å². The van der Waals surface area contributed by atoms with Gasteiger partial charge in [0.25, 0.3) is 0 Å². The molecule has 0 bridgehead atoms. The van der Waals surface area contributed by atoms with Crippen LogP contribution in [0.25, 0.3) is 0 Å². The molecule has 0 fully saturated rings. The molecule has 0 spiro atoms. The van der Waals surface area contributed by atoms with Crippen LogP contribution in [0, 0.1) is 5.92 Å². The van der Waals surface area contributed by atoms with Crippen LogP contribution in [-0.2, 0) is 5.60 Å². The highest BCUT2D eigenvalue weighted by Crippen LogP contribution is 2.29. The average molecular weight is 214 g/mol. The molecule has 0 saturated heterocycles. The number of halogens is 1. The predicted octanol–water partition coefficient (Wildman–Crippen LogP) is 2.14. The number of nitrogens with two attached hydrogens (primary N) is 1.